The van der Waals surface area contributed by atoms with Crippen LogP contribution in [-0.4, -0.2) is 148 Å². The number of carbonyl (C=O) groups excluding carboxylic acids is 3. The highest BCUT2D eigenvalue weighted by Gasteiger charge is 2.24. The normalized spacial score (nSPS) is 14.2. The number of β-amino-alcohol motifs (C(OH)–C–C–N with tert-alkyl or cyclic N) is 1. The van der Waals surface area contributed by atoms with Crippen LogP contribution in [0, 0.1) is 0 Å². The number of carbonyl (C=O) groups is 3. The molecule has 0 saturated carbocycles. The Kier molecular flexibility index (Phi) is 15.9. The predicted molar refractivity (Wildman–Crippen MR) is 182 cm³/mol. The molecule has 4 rings (SSSR count). The number of nitrogens with zero attached hydrogens (tertiary/aromatic N) is 4. The van der Waals surface area contributed by atoms with Crippen LogP contribution in [0.15, 0.2) is 30.6 Å². The Bertz CT molecular complexity index is 1570. The molecule has 0 spiro atoms. The number of hydrogen-bond acceptors (Lipinski definition) is 15. The maximum atomic E-state index is 12.2. The van der Waals surface area contributed by atoms with Gasteiger partial charge < -0.3 is 65.3 Å². The van der Waals surface area contributed by atoms with Gasteiger partial charge in [0, 0.05) is 49.4 Å². The Labute approximate surface area is 294 Å². The molecular weight excluding hydrogens is 672 g/mol. The fourth-order valence-corrected chi connectivity index (χ4v) is 4.87. The van der Waals surface area contributed by atoms with Crippen molar-refractivity contribution in [2.24, 2.45) is 5.73 Å². The number of nitrogens with two attached hydrogens (primary N) is 2. The largest absolute Gasteiger partial charge is 0.497 e. The third kappa shape index (κ3) is 12.8. The van der Waals surface area contributed by atoms with E-state index in [4.69, 9.17) is 44.6 Å². The molecule has 1 atom stereocenters. The summed E-state index contributed by atoms with van der Waals surface area (Å²) in [5, 5.41) is 15.1. The molecule has 51 heavy (non-hydrogen) atoms. The van der Waals surface area contributed by atoms with Crippen LogP contribution in [0.25, 0.3) is 5.65 Å². The lowest BCUT2D eigenvalue weighted by Gasteiger charge is -2.15. The van der Waals surface area contributed by atoms with Gasteiger partial charge in [-0.05, 0) is 6.42 Å². The summed E-state index contributed by atoms with van der Waals surface area (Å²) >= 11 is 0. The van der Waals surface area contributed by atoms with E-state index in [0.29, 0.717) is 89.6 Å². The zero-order valence-electron chi connectivity index (χ0n) is 28.5. The van der Waals surface area contributed by atoms with E-state index in [9.17, 15) is 19.5 Å². The summed E-state index contributed by atoms with van der Waals surface area (Å²) in [6, 6.07) is 5.12. The van der Waals surface area contributed by atoms with E-state index in [1.165, 1.54) is 22.6 Å². The highest BCUT2D eigenvalue weighted by molar-refractivity contribution is 6.04. The van der Waals surface area contributed by atoms with Crippen LogP contribution < -0.4 is 31.6 Å². The number of imidazole rings is 1. The first-order valence-corrected chi connectivity index (χ1v) is 16.4. The van der Waals surface area contributed by atoms with Gasteiger partial charge in [-0.2, -0.15) is 4.98 Å². The molecule has 280 valence electrons. The van der Waals surface area contributed by atoms with E-state index in [-0.39, 0.29) is 55.2 Å². The minimum Gasteiger partial charge on any atom is -0.497 e. The molecule has 2 aromatic heterocycles. The van der Waals surface area contributed by atoms with Crippen molar-refractivity contribution in [2.45, 2.75) is 12.5 Å². The van der Waals surface area contributed by atoms with E-state index >= 15 is 0 Å². The van der Waals surface area contributed by atoms with Gasteiger partial charge in [-0.15, -0.1) is 0 Å². The molecule has 0 radical (unpaired) electrons. The van der Waals surface area contributed by atoms with E-state index < -0.39 is 17.9 Å². The number of nitrogens with one attached hydrogen (secondary N) is 2. The van der Waals surface area contributed by atoms with Crippen LogP contribution in [0.2, 0.25) is 0 Å². The van der Waals surface area contributed by atoms with Gasteiger partial charge in [0.05, 0.1) is 79.2 Å². The van der Waals surface area contributed by atoms with Gasteiger partial charge in [0.15, 0.2) is 11.5 Å². The molecule has 0 unspecified atom stereocenters. The number of nitrogen functional groups attached to an aromatic ring is 1. The molecule has 3 amide bonds. The molecule has 1 aliphatic heterocycles. The second-order valence-electron chi connectivity index (χ2n) is 11.1. The Hall–Kier alpha value is -4.79. The summed E-state index contributed by atoms with van der Waals surface area (Å²) in [4.78, 5) is 45.9. The number of anilines is 3. The molecule has 19 heteroatoms. The second-order valence-corrected chi connectivity index (χ2v) is 11.1. The number of aliphatic hydroxyl groups excluding tert-OH is 1. The number of hydrogen-bond donors (Lipinski definition) is 5. The number of primary amides is 1. The molecule has 1 saturated heterocycles. The number of methoxy groups -OCH3 is 1. The quantitative estimate of drug-likeness (QED) is 0.0722. The summed E-state index contributed by atoms with van der Waals surface area (Å²) in [6.07, 6.45) is 3.14. The topological polar surface area (TPSA) is 246 Å². The first-order chi connectivity index (χ1) is 24.7. The summed E-state index contributed by atoms with van der Waals surface area (Å²) in [7, 11) is 1.52. The number of amides is 3. The summed E-state index contributed by atoms with van der Waals surface area (Å²) < 4.78 is 39.9. The molecule has 3 aromatic rings. The van der Waals surface area contributed by atoms with Crippen LogP contribution >= 0.6 is 0 Å². The predicted octanol–water partition coefficient (Wildman–Crippen LogP) is -0.666. The highest BCUT2D eigenvalue weighted by Crippen LogP contribution is 2.30. The standard InChI is InChI=1S/C32H46N8O11/c1-45-24-16-22(37-30-28(29(33)44)31-35-3-5-40(31)32(34)38-30)17-25(18-24)51-15-14-49-11-10-47-7-6-46-8-9-48-12-13-50-21-26(42)36-19-27(43)39-4-2-23(41)20-39/h3,5,16-18,23,37,41H,2,4,6-15,19-21H2,1H3,(H2,33,44)(H2,34,38)(H,36,42)/t23-/m1/s1. The van der Waals surface area contributed by atoms with Crippen molar-refractivity contribution in [3.8, 4) is 11.5 Å². The number of aromatic nitrogens is 3. The van der Waals surface area contributed by atoms with Crippen molar-refractivity contribution in [3.63, 3.8) is 0 Å². The summed E-state index contributed by atoms with van der Waals surface area (Å²) in [5.74, 6) is -0.0599. The lowest BCUT2D eigenvalue weighted by Crippen LogP contribution is -2.40. The zero-order chi connectivity index (χ0) is 36.4. The molecule has 19 nitrogen and oxygen atoms in total. The maximum Gasteiger partial charge on any atom is 0.256 e. The molecule has 1 aromatic carbocycles. The fourth-order valence-electron chi connectivity index (χ4n) is 4.87. The van der Waals surface area contributed by atoms with Crippen molar-refractivity contribution >= 4 is 40.8 Å². The number of likely N-dealkylation sites (tertiary alicyclic amines) is 1. The van der Waals surface area contributed by atoms with Crippen LogP contribution in [0.3, 0.4) is 0 Å². The zero-order valence-corrected chi connectivity index (χ0v) is 28.5. The Morgan fingerprint density at radius 1 is 0.922 bits per heavy atom. The van der Waals surface area contributed by atoms with Crippen molar-refractivity contribution in [1.29, 1.82) is 0 Å². The van der Waals surface area contributed by atoms with E-state index in [0.717, 1.165) is 0 Å². The van der Waals surface area contributed by atoms with Crippen molar-refractivity contribution in [1.82, 2.24) is 24.6 Å². The third-order valence-corrected chi connectivity index (χ3v) is 7.37. The number of rotatable bonds is 24. The number of benzene rings is 1. The van der Waals surface area contributed by atoms with Gasteiger partial charge in [0.2, 0.25) is 17.8 Å². The monoisotopic (exact) mass is 718 g/mol. The van der Waals surface area contributed by atoms with Crippen molar-refractivity contribution in [3.05, 3.63) is 36.2 Å². The van der Waals surface area contributed by atoms with Crippen LogP contribution in [0.4, 0.5) is 17.5 Å². The van der Waals surface area contributed by atoms with Gasteiger partial charge in [-0.3, -0.25) is 18.8 Å². The second kappa shape index (κ2) is 20.8. The third-order valence-electron chi connectivity index (χ3n) is 7.37. The molecule has 7 N–H and O–H groups in total. The molecular formula is C32H46N8O11. The Morgan fingerprint density at radius 3 is 2.16 bits per heavy atom. The lowest BCUT2D eigenvalue weighted by atomic mass is 10.2. The molecule has 1 aliphatic rings. The van der Waals surface area contributed by atoms with E-state index in [2.05, 4.69) is 20.6 Å². The van der Waals surface area contributed by atoms with Crippen LogP contribution in [-0.2, 0) is 33.3 Å². The minimum absolute atomic E-state index is 0.0858. The average molecular weight is 719 g/mol. The average Bonchev–Trinajstić information content (AvgIpc) is 3.78. The Balaban J connectivity index is 0.983. The number of aliphatic hydroxyl groups is 1. The van der Waals surface area contributed by atoms with E-state index in [1.54, 1.807) is 24.4 Å². The molecule has 0 aliphatic carbocycles. The van der Waals surface area contributed by atoms with Gasteiger partial charge in [-0.1, -0.05) is 0 Å². The molecule has 1 fully saturated rings. The Morgan fingerprint density at radius 2 is 1.55 bits per heavy atom. The SMILES string of the molecule is COc1cc(Nc2nc(N)n3ccnc3c2C(N)=O)cc(OCCOCCOCCOCCOCCOCC(=O)NCC(=O)N2CC[C@@H](O)C2)c1. The number of ether oxygens (including phenoxy) is 7. The van der Waals surface area contributed by atoms with Crippen molar-refractivity contribution in [2.75, 3.05) is 110 Å². The van der Waals surface area contributed by atoms with Crippen LogP contribution in [0.1, 0.15) is 16.8 Å². The van der Waals surface area contributed by atoms with Gasteiger partial charge >= 0.3 is 0 Å². The van der Waals surface area contributed by atoms with Gasteiger partial charge in [0.1, 0.15) is 30.3 Å². The first kappa shape index (κ1) is 39.0. The van der Waals surface area contributed by atoms with Crippen molar-refractivity contribution < 1.29 is 52.6 Å². The summed E-state index contributed by atoms with van der Waals surface area (Å²) in [5.41, 5.74) is 12.5. The molecule has 0 bridgehead atoms. The molecule has 3 heterocycles. The number of fused-ring (bicyclic) bond motifs is 1. The smallest absolute Gasteiger partial charge is 0.256 e. The van der Waals surface area contributed by atoms with Gasteiger partial charge in [0.25, 0.3) is 5.91 Å². The minimum atomic E-state index is -0.715. The highest BCUT2D eigenvalue weighted by atomic mass is 16.6. The first-order valence-electron chi connectivity index (χ1n) is 16.4. The fraction of sp³-hybridized carbons (Fsp3) is 0.531. The van der Waals surface area contributed by atoms with E-state index in [1.807, 2.05) is 0 Å². The maximum absolute atomic E-state index is 12.2. The van der Waals surface area contributed by atoms with Crippen LogP contribution in [0.5, 0.6) is 11.5 Å². The van der Waals surface area contributed by atoms with Gasteiger partial charge in [-0.25, -0.2) is 4.98 Å². The lowest BCUT2D eigenvalue weighted by molar-refractivity contribution is -0.133. The summed E-state index contributed by atoms with van der Waals surface area (Å²) in [6.45, 7) is 3.87.